The second-order valence-corrected chi connectivity index (χ2v) is 6.00. The molecule has 0 heterocycles. The van der Waals surface area contributed by atoms with Gasteiger partial charge in [-0.25, -0.2) is 0 Å². The molecule has 0 fully saturated rings. The van der Waals surface area contributed by atoms with Gasteiger partial charge >= 0.3 is 0 Å². The molecule has 0 aromatic rings. The lowest BCUT2D eigenvalue weighted by Crippen LogP contribution is -2.54. The van der Waals surface area contributed by atoms with Crippen LogP contribution >= 0.6 is 18.9 Å². The summed E-state index contributed by atoms with van der Waals surface area (Å²) in [6.45, 7) is 8.53. The number of hydrogen-bond acceptors (Lipinski definition) is 2. The van der Waals surface area contributed by atoms with Crippen molar-refractivity contribution in [1.29, 1.82) is 5.26 Å². The first-order valence-corrected chi connectivity index (χ1v) is 6.89. The van der Waals surface area contributed by atoms with Crippen LogP contribution in [0.2, 0.25) is 0 Å². The first-order valence-electron chi connectivity index (χ1n) is 4.77. The summed E-state index contributed by atoms with van der Waals surface area (Å²) in [5.74, 6) is 0. The molecular weight excluding hydrogens is 219 g/mol. The Morgan fingerprint density at radius 3 is 2.00 bits per heavy atom. The smallest absolute Gasteiger partial charge is 0.126 e. The number of quaternary nitrogens is 1. The van der Waals surface area contributed by atoms with E-state index >= 15 is 0 Å². The Labute approximate surface area is 92.6 Å². The van der Waals surface area contributed by atoms with Crippen LogP contribution in [0.5, 0.6) is 0 Å². The van der Waals surface area contributed by atoms with Gasteiger partial charge in [-0.3, -0.25) is 0 Å². The fourth-order valence-electron chi connectivity index (χ4n) is 1.78. The van der Waals surface area contributed by atoms with E-state index < -0.39 is 7.65 Å². The maximum absolute atomic E-state index is 11.6. The van der Waals surface area contributed by atoms with E-state index in [1.807, 2.05) is 27.7 Å². The molecule has 0 amide bonds. The number of hydrogen-bond donors (Lipinski definition) is 0. The SMILES string of the molecule is CC(C)[N+](CCC#N)(C(C)C)P([O-])Cl. The average molecular weight is 237 g/mol. The van der Waals surface area contributed by atoms with Crippen LogP contribution < -0.4 is 4.89 Å². The van der Waals surface area contributed by atoms with Crippen LogP contribution in [0.4, 0.5) is 0 Å². The minimum Gasteiger partial charge on any atom is -0.769 e. The normalized spacial score (nSPS) is 14.5. The molecular formula is C9H18ClN2OP. The summed E-state index contributed by atoms with van der Waals surface area (Å²) >= 11 is 5.80. The lowest BCUT2D eigenvalue weighted by atomic mass is 10.2. The van der Waals surface area contributed by atoms with E-state index in [2.05, 4.69) is 6.07 Å². The Morgan fingerprint density at radius 1 is 1.36 bits per heavy atom. The molecule has 0 N–H and O–H groups in total. The Bertz CT molecular complexity index is 192. The van der Waals surface area contributed by atoms with Crippen molar-refractivity contribution in [2.45, 2.75) is 46.2 Å². The second-order valence-electron chi connectivity index (χ2n) is 3.93. The number of halogens is 1. The molecule has 0 radical (unpaired) electrons. The standard InChI is InChI=1S/C9H18ClN2OP/c1-8(2)12(9(3)4,14(10)13)7-5-6-11/h8-9H,5,7H2,1-4H3. The Morgan fingerprint density at radius 2 is 1.79 bits per heavy atom. The molecule has 0 rings (SSSR count). The van der Waals surface area contributed by atoms with Crippen LogP contribution in [0.3, 0.4) is 0 Å². The maximum Gasteiger partial charge on any atom is 0.126 e. The topological polar surface area (TPSA) is 46.8 Å². The summed E-state index contributed by atoms with van der Waals surface area (Å²) in [4.78, 5) is 11.6. The van der Waals surface area contributed by atoms with Gasteiger partial charge < -0.3 is 9.15 Å². The van der Waals surface area contributed by atoms with Crippen molar-refractivity contribution < 1.29 is 9.15 Å². The van der Waals surface area contributed by atoms with Crippen molar-refractivity contribution in [1.82, 2.24) is 0 Å². The summed E-state index contributed by atoms with van der Waals surface area (Å²) in [6.07, 6.45) is 0.393. The fourth-order valence-corrected chi connectivity index (χ4v) is 4.04. The van der Waals surface area contributed by atoms with E-state index in [-0.39, 0.29) is 12.1 Å². The molecule has 0 aliphatic carbocycles. The van der Waals surface area contributed by atoms with Gasteiger partial charge in [0.05, 0.1) is 31.1 Å². The molecule has 0 spiro atoms. The predicted molar refractivity (Wildman–Crippen MR) is 58.4 cm³/mol. The minimum absolute atomic E-state index is 0.171. The zero-order valence-corrected chi connectivity index (χ0v) is 10.8. The highest BCUT2D eigenvalue weighted by Gasteiger charge is 2.36. The van der Waals surface area contributed by atoms with Gasteiger partial charge in [-0.1, -0.05) is 0 Å². The van der Waals surface area contributed by atoms with Crippen molar-refractivity contribution in [2.75, 3.05) is 6.54 Å². The summed E-state index contributed by atoms with van der Waals surface area (Å²) < 4.78 is 0.324. The number of rotatable bonds is 5. The van der Waals surface area contributed by atoms with Gasteiger partial charge in [-0.2, -0.15) is 5.26 Å². The van der Waals surface area contributed by atoms with Crippen LogP contribution in [0.25, 0.3) is 0 Å². The lowest BCUT2D eigenvalue weighted by Gasteiger charge is -2.50. The van der Waals surface area contributed by atoms with Gasteiger partial charge in [0.1, 0.15) is 7.65 Å². The van der Waals surface area contributed by atoms with Gasteiger partial charge in [0.15, 0.2) is 0 Å². The van der Waals surface area contributed by atoms with E-state index in [1.165, 1.54) is 0 Å². The molecule has 82 valence electrons. The van der Waals surface area contributed by atoms with Gasteiger partial charge in [0.2, 0.25) is 0 Å². The average Bonchev–Trinajstić information content (AvgIpc) is 2.03. The zero-order valence-electron chi connectivity index (χ0n) is 9.20. The quantitative estimate of drug-likeness (QED) is 0.688. The van der Waals surface area contributed by atoms with Crippen LogP contribution in [-0.4, -0.2) is 22.9 Å². The molecule has 3 nitrogen and oxygen atoms in total. The lowest BCUT2D eigenvalue weighted by molar-refractivity contribution is -0.863. The summed E-state index contributed by atoms with van der Waals surface area (Å²) in [5, 5.41) is 8.58. The minimum atomic E-state index is -1.83. The predicted octanol–water partition coefficient (Wildman–Crippen LogP) is 2.36. The van der Waals surface area contributed by atoms with Gasteiger partial charge in [0, 0.05) is 0 Å². The highest BCUT2D eigenvalue weighted by Crippen LogP contribution is 2.49. The monoisotopic (exact) mass is 236 g/mol. The van der Waals surface area contributed by atoms with Crippen LogP contribution in [0, 0.1) is 11.3 Å². The maximum atomic E-state index is 11.6. The molecule has 0 aromatic carbocycles. The van der Waals surface area contributed by atoms with E-state index in [9.17, 15) is 4.89 Å². The largest absolute Gasteiger partial charge is 0.769 e. The van der Waals surface area contributed by atoms with E-state index in [0.29, 0.717) is 17.2 Å². The van der Waals surface area contributed by atoms with Crippen molar-refractivity contribution in [3.63, 3.8) is 0 Å². The third kappa shape index (κ3) is 2.81. The molecule has 0 aliphatic rings. The fraction of sp³-hybridized carbons (Fsp3) is 0.889. The summed E-state index contributed by atoms with van der Waals surface area (Å²) in [7, 11) is -1.83. The van der Waals surface area contributed by atoms with Crippen LogP contribution in [0.15, 0.2) is 0 Å². The zero-order chi connectivity index (χ0) is 11.4. The number of nitriles is 1. The third-order valence-corrected chi connectivity index (χ3v) is 5.22. The molecule has 5 heteroatoms. The van der Waals surface area contributed by atoms with Crippen molar-refractivity contribution >= 4 is 18.9 Å². The first-order chi connectivity index (χ1) is 6.39. The Kier molecular flexibility index (Phi) is 5.93. The summed E-state index contributed by atoms with van der Waals surface area (Å²) in [5.41, 5.74) is 0. The molecule has 1 atom stereocenters. The van der Waals surface area contributed by atoms with Gasteiger partial charge in [-0.05, 0) is 38.9 Å². The third-order valence-electron chi connectivity index (χ3n) is 2.66. The van der Waals surface area contributed by atoms with Crippen molar-refractivity contribution in [3.8, 4) is 6.07 Å². The molecule has 0 bridgehead atoms. The molecule has 0 aromatic heterocycles. The highest BCUT2D eigenvalue weighted by molar-refractivity contribution is 7.73. The van der Waals surface area contributed by atoms with Gasteiger partial charge in [0.25, 0.3) is 0 Å². The molecule has 1 unspecified atom stereocenters. The number of nitrogens with zero attached hydrogens (tertiary/aromatic N) is 2. The molecule has 0 aliphatic heterocycles. The van der Waals surface area contributed by atoms with Crippen molar-refractivity contribution in [2.24, 2.45) is 0 Å². The molecule has 0 saturated heterocycles. The van der Waals surface area contributed by atoms with Crippen LogP contribution in [-0.2, 0) is 0 Å². The molecule has 14 heavy (non-hydrogen) atoms. The second kappa shape index (κ2) is 5.88. The van der Waals surface area contributed by atoms with E-state index in [0.717, 1.165) is 0 Å². The Balaban J connectivity index is 4.87. The first kappa shape index (κ1) is 14.1. The van der Waals surface area contributed by atoms with E-state index in [1.54, 1.807) is 0 Å². The Hall–Kier alpha value is 0.130. The summed E-state index contributed by atoms with van der Waals surface area (Å²) in [6, 6.07) is 2.43. The highest BCUT2D eigenvalue weighted by atomic mass is 35.7. The van der Waals surface area contributed by atoms with E-state index in [4.69, 9.17) is 16.5 Å². The van der Waals surface area contributed by atoms with Gasteiger partial charge in [-0.15, -0.1) is 0 Å². The van der Waals surface area contributed by atoms with Crippen molar-refractivity contribution in [3.05, 3.63) is 0 Å². The van der Waals surface area contributed by atoms with Crippen LogP contribution in [0.1, 0.15) is 34.1 Å². The molecule has 0 saturated carbocycles.